The smallest absolute Gasteiger partial charge is 0.242 e. The highest BCUT2D eigenvalue weighted by Crippen LogP contribution is 2.20. The molecule has 0 unspecified atom stereocenters. The molecule has 1 saturated carbocycles. The van der Waals surface area contributed by atoms with Gasteiger partial charge in [-0.3, -0.25) is 9.59 Å². The van der Waals surface area contributed by atoms with Crippen molar-refractivity contribution in [2.24, 2.45) is 0 Å². The molecule has 0 aromatic heterocycles. The lowest BCUT2D eigenvalue weighted by atomic mass is 9.95. The third-order valence-electron chi connectivity index (χ3n) is 6.07. The zero-order valence-corrected chi connectivity index (χ0v) is 20.2. The van der Waals surface area contributed by atoms with Crippen molar-refractivity contribution in [2.45, 2.75) is 63.4 Å². The summed E-state index contributed by atoms with van der Waals surface area (Å²) in [4.78, 5) is 27.6. The molecule has 2 aromatic carbocycles. The van der Waals surface area contributed by atoms with Crippen LogP contribution in [0.5, 0.6) is 5.75 Å². The average Bonchev–Trinajstić information content (AvgIpc) is 2.84. The molecule has 1 aliphatic rings. The topological polar surface area (TPSA) is 58.6 Å². The minimum absolute atomic E-state index is 0.0633. The number of ether oxygens (including phenoxy) is 1. The first-order chi connectivity index (χ1) is 16.0. The number of carbonyl (C=O) groups is 2. The quantitative estimate of drug-likeness (QED) is 0.533. The molecule has 2 amide bonds. The second kappa shape index (κ2) is 12.6. The van der Waals surface area contributed by atoms with Gasteiger partial charge in [0, 0.05) is 23.9 Å². The highest BCUT2D eigenvalue weighted by molar-refractivity contribution is 7.99. The molecule has 0 bridgehead atoms. The van der Waals surface area contributed by atoms with E-state index >= 15 is 0 Å². The predicted molar refractivity (Wildman–Crippen MR) is 131 cm³/mol. The molecule has 1 aliphatic carbocycles. The van der Waals surface area contributed by atoms with Crippen LogP contribution in [-0.2, 0) is 21.9 Å². The number of methoxy groups -OCH3 is 1. The van der Waals surface area contributed by atoms with Gasteiger partial charge >= 0.3 is 0 Å². The molecule has 1 fully saturated rings. The fourth-order valence-electron chi connectivity index (χ4n) is 4.02. The van der Waals surface area contributed by atoms with Gasteiger partial charge in [-0.1, -0.05) is 49.6 Å². The maximum absolute atomic E-state index is 14.3. The van der Waals surface area contributed by atoms with Crippen molar-refractivity contribution in [2.75, 3.05) is 12.9 Å². The van der Waals surface area contributed by atoms with Crippen molar-refractivity contribution in [3.63, 3.8) is 0 Å². The van der Waals surface area contributed by atoms with Gasteiger partial charge in [0.2, 0.25) is 11.8 Å². The van der Waals surface area contributed by atoms with Crippen LogP contribution < -0.4 is 10.1 Å². The number of hydrogen-bond acceptors (Lipinski definition) is 4. The summed E-state index contributed by atoms with van der Waals surface area (Å²) in [6.45, 7) is 1.79. The molecule has 1 atom stereocenters. The Hall–Kier alpha value is -2.54. The number of thioether (sulfide) groups is 1. The fourth-order valence-corrected chi connectivity index (χ4v) is 4.89. The number of halogens is 1. The Bertz CT molecular complexity index is 916. The van der Waals surface area contributed by atoms with E-state index in [0.29, 0.717) is 11.3 Å². The van der Waals surface area contributed by atoms with Gasteiger partial charge in [0.1, 0.15) is 17.6 Å². The summed E-state index contributed by atoms with van der Waals surface area (Å²) in [5.41, 5.74) is 1.49. The summed E-state index contributed by atoms with van der Waals surface area (Å²) < 4.78 is 19.5. The maximum atomic E-state index is 14.3. The second-order valence-corrected chi connectivity index (χ2v) is 9.46. The standard InChI is InChI=1S/C26H33FN2O3S/c1-19(26(31)28-22-9-4-3-5-10-22)29(16-21-8-6-7-11-24(21)27)25(30)18-33-17-20-12-14-23(32-2)15-13-20/h6-8,11-15,19,22H,3-5,9-10,16-18H2,1-2H3,(H,28,31)/t19-/m0/s1. The van der Waals surface area contributed by atoms with Crippen LogP contribution in [-0.4, -0.2) is 41.7 Å². The molecule has 7 heteroatoms. The van der Waals surface area contributed by atoms with Crippen LogP contribution in [0.4, 0.5) is 4.39 Å². The van der Waals surface area contributed by atoms with E-state index in [1.54, 1.807) is 32.2 Å². The molecule has 178 valence electrons. The SMILES string of the molecule is COc1ccc(CSCC(=O)N(Cc2ccccc2F)[C@@H](C)C(=O)NC2CCCCC2)cc1. The summed E-state index contributed by atoms with van der Waals surface area (Å²) in [5.74, 6) is 0.928. The number of amides is 2. The van der Waals surface area contributed by atoms with Crippen LogP contribution in [0.15, 0.2) is 48.5 Å². The minimum Gasteiger partial charge on any atom is -0.497 e. The van der Waals surface area contributed by atoms with Gasteiger partial charge in [0.05, 0.1) is 12.9 Å². The molecule has 0 heterocycles. The van der Waals surface area contributed by atoms with E-state index in [0.717, 1.165) is 37.0 Å². The normalized spacial score (nSPS) is 15.0. The lowest BCUT2D eigenvalue weighted by Crippen LogP contribution is -2.51. The molecule has 0 saturated heterocycles. The third-order valence-corrected chi connectivity index (χ3v) is 7.06. The summed E-state index contributed by atoms with van der Waals surface area (Å²) >= 11 is 1.48. The molecule has 3 rings (SSSR count). The zero-order chi connectivity index (χ0) is 23.6. The summed E-state index contributed by atoms with van der Waals surface area (Å²) in [5, 5.41) is 3.10. The van der Waals surface area contributed by atoms with Gasteiger partial charge in [-0.15, -0.1) is 11.8 Å². The Labute approximate surface area is 200 Å². The molecule has 2 aromatic rings. The Kier molecular flexibility index (Phi) is 9.61. The van der Waals surface area contributed by atoms with Crippen LogP contribution in [0.1, 0.15) is 50.2 Å². The largest absolute Gasteiger partial charge is 0.497 e. The molecule has 0 radical (unpaired) electrons. The Morgan fingerprint density at radius 2 is 1.82 bits per heavy atom. The van der Waals surface area contributed by atoms with Crippen molar-refractivity contribution in [3.8, 4) is 5.75 Å². The monoisotopic (exact) mass is 472 g/mol. The first kappa shape index (κ1) is 25.1. The Balaban J connectivity index is 1.64. The van der Waals surface area contributed by atoms with Crippen LogP contribution in [0.25, 0.3) is 0 Å². The van der Waals surface area contributed by atoms with E-state index < -0.39 is 6.04 Å². The van der Waals surface area contributed by atoms with Gasteiger partial charge < -0.3 is 15.0 Å². The summed E-state index contributed by atoms with van der Waals surface area (Å²) in [7, 11) is 1.62. The minimum atomic E-state index is -0.680. The Morgan fingerprint density at radius 1 is 1.12 bits per heavy atom. The lowest BCUT2D eigenvalue weighted by molar-refractivity contribution is -0.139. The Morgan fingerprint density at radius 3 is 2.48 bits per heavy atom. The van der Waals surface area contributed by atoms with Crippen LogP contribution in [0.3, 0.4) is 0 Å². The molecule has 0 spiro atoms. The molecule has 0 aliphatic heterocycles. The van der Waals surface area contributed by atoms with E-state index in [1.807, 2.05) is 24.3 Å². The van der Waals surface area contributed by atoms with Gasteiger partial charge in [0.15, 0.2) is 0 Å². The molecular weight excluding hydrogens is 439 g/mol. The van der Waals surface area contributed by atoms with E-state index in [4.69, 9.17) is 4.74 Å². The summed E-state index contributed by atoms with van der Waals surface area (Å²) in [6.07, 6.45) is 5.36. The fraction of sp³-hybridized carbons (Fsp3) is 0.462. The average molecular weight is 473 g/mol. The number of rotatable bonds is 10. The van der Waals surface area contributed by atoms with Crippen molar-refractivity contribution >= 4 is 23.6 Å². The van der Waals surface area contributed by atoms with Crippen LogP contribution >= 0.6 is 11.8 Å². The summed E-state index contributed by atoms with van der Waals surface area (Å²) in [6, 6.07) is 13.6. The maximum Gasteiger partial charge on any atom is 0.242 e. The van der Waals surface area contributed by atoms with Crippen LogP contribution in [0.2, 0.25) is 0 Å². The number of nitrogens with one attached hydrogen (secondary N) is 1. The van der Waals surface area contributed by atoms with Gasteiger partial charge in [-0.25, -0.2) is 4.39 Å². The van der Waals surface area contributed by atoms with Gasteiger partial charge in [-0.05, 0) is 43.5 Å². The van der Waals surface area contributed by atoms with Crippen molar-refractivity contribution < 1.29 is 18.7 Å². The highest BCUT2D eigenvalue weighted by Gasteiger charge is 2.28. The first-order valence-corrected chi connectivity index (χ1v) is 12.7. The third kappa shape index (κ3) is 7.49. The molecular formula is C26H33FN2O3S. The van der Waals surface area contributed by atoms with E-state index in [-0.39, 0.29) is 36.0 Å². The number of hydrogen-bond donors (Lipinski definition) is 1. The number of carbonyl (C=O) groups excluding carboxylic acids is 2. The molecule has 5 nitrogen and oxygen atoms in total. The predicted octanol–water partition coefficient (Wildman–Crippen LogP) is 4.93. The number of benzene rings is 2. The van der Waals surface area contributed by atoms with Crippen molar-refractivity contribution in [1.82, 2.24) is 10.2 Å². The van der Waals surface area contributed by atoms with Crippen molar-refractivity contribution in [3.05, 3.63) is 65.5 Å². The van der Waals surface area contributed by atoms with Gasteiger partial charge in [0.25, 0.3) is 0 Å². The van der Waals surface area contributed by atoms with Crippen LogP contribution in [0, 0.1) is 5.82 Å². The van der Waals surface area contributed by atoms with E-state index in [1.165, 1.54) is 29.1 Å². The van der Waals surface area contributed by atoms with Gasteiger partial charge in [-0.2, -0.15) is 0 Å². The lowest BCUT2D eigenvalue weighted by Gasteiger charge is -2.31. The number of nitrogens with zero attached hydrogens (tertiary/aromatic N) is 1. The van der Waals surface area contributed by atoms with E-state index in [2.05, 4.69) is 5.32 Å². The molecule has 1 N–H and O–H groups in total. The second-order valence-electron chi connectivity index (χ2n) is 8.47. The van der Waals surface area contributed by atoms with E-state index in [9.17, 15) is 14.0 Å². The molecule has 33 heavy (non-hydrogen) atoms. The highest BCUT2D eigenvalue weighted by atomic mass is 32.2. The van der Waals surface area contributed by atoms with Crippen molar-refractivity contribution in [1.29, 1.82) is 0 Å². The zero-order valence-electron chi connectivity index (χ0n) is 19.4. The first-order valence-electron chi connectivity index (χ1n) is 11.5.